The monoisotopic (exact) mass is 262 g/mol. The standard InChI is InChI=1S/C15H22N2O2/c1-11-9-14(7-8-17(11)2)16-10-12-3-5-13(6-4-12)15(18)19/h3-6,11,14,16H,7-10H2,1-2H3,(H,18,19). The van der Waals surface area contributed by atoms with Crippen molar-refractivity contribution in [3.05, 3.63) is 35.4 Å². The molecule has 2 N–H and O–H groups in total. The van der Waals surface area contributed by atoms with Gasteiger partial charge >= 0.3 is 5.97 Å². The Balaban J connectivity index is 1.83. The Labute approximate surface area is 114 Å². The average molecular weight is 262 g/mol. The number of carboxylic acid groups (broad SMARTS) is 1. The number of nitrogens with zero attached hydrogens (tertiary/aromatic N) is 1. The smallest absolute Gasteiger partial charge is 0.335 e. The minimum absolute atomic E-state index is 0.344. The predicted octanol–water partition coefficient (Wildman–Crippen LogP) is 1.96. The fourth-order valence-electron chi connectivity index (χ4n) is 2.50. The zero-order valence-corrected chi connectivity index (χ0v) is 11.6. The van der Waals surface area contributed by atoms with Gasteiger partial charge in [-0.2, -0.15) is 0 Å². The van der Waals surface area contributed by atoms with Gasteiger partial charge in [0.15, 0.2) is 0 Å². The quantitative estimate of drug-likeness (QED) is 0.871. The van der Waals surface area contributed by atoms with Crippen LogP contribution in [-0.4, -0.2) is 41.7 Å². The van der Waals surface area contributed by atoms with Crippen LogP contribution in [0.3, 0.4) is 0 Å². The number of aromatic carboxylic acids is 1. The molecule has 4 nitrogen and oxygen atoms in total. The zero-order chi connectivity index (χ0) is 13.8. The number of carboxylic acids is 1. The van der Waals surface area contributed by atoms with Crippen molar-refractivity contribution in [3.8, 4) is 0 Å². The predicted molar refractivity (Wildman–Crippen MR) is 75.4 cm³/mol. The Bertz CT molecular complexity index is 430. The van der Waals surface area contributed by atoms with Crippen LogP contribution >= 0.6 is 0 Å². The molecule has 0 amide bonds. The molecular weight excluding hydrogens is 240 g/mol. The van der Waals surface area contributed by atoms with Crippen LogP contribution in [0.25, 0.3) is 0 Å². The van der Waals surface area contributed by atoms with Crippen molar-refractivity contribution in [2.45, 2.75) is 38.4 Å². The summed E-state index contributed by atoms with van der Waals surface area (Å²) < 4.78 is 0. The number of likely N-dealkylation sites (tertiary alicyclic amines) is 1. The van der Waals surface area contributed by atoms with Gasteiger partial charge in [0.2, 0.25) is 0 Å². The summed E-state index contributed by atoms with van der Waals surface area (Å²) in [4.78, 5) is 13.2. The van der Waals surface area contributed by atoms with E-state index >= 15 is 0 Å². The maximum atomic E-state index is 10.8. The second-order valence-electron chi connectivity index (χ2n) is 5.43. The van der Waals surface area contributed by atoms with Crippen LogP contribution in [0.1, 0.15) is 35.7 Å². The lowest BCUT2D eigenvalue weighted by Crippen LogP contribution is -2.45. The van der Waals surface area contributed by atoms with Crippen LogP contribution in [0.5, 0.6) is 0 Å². The molecule has 1 fully saturated rings. The van der Waals surface area contributed by atoms with Crippen LogP contribution < -0.4 is 5.32 Å². The second-order valence-corrected chi connectivity index (χ2v) is 5.43. The minimum Gasteiger partial charge on any atom is -0.478 e. The van der Waals surface area contributed by atoms with Crippen LogP contribution in [0.2, 0.25) is 0 Å². The molecule has 19 heavy (non-hydrogen) atoms. The van der Waals surface area contributed by atoms with E-state index in [1.165, 1.54) is 12.8 Å². The molecule has 1 aromatic carbocycles. The van der Waals surface area contributed by atoms with Crippen molar-refractivity contribution >= 4 is 5.97 Å². The summed E-state index contributed by atoms with van der Waals surface area (Å²) >= 11 is 0. The van der Waals surface area contributed by atoms with Gasteiger partial charge in [0.05, 0.1) is 5.56 Å². The summed E-state index contributed by atoms with van der Waals surface area (Å²) in [6.07, 6.45) is 2.34. The SMILES string of the molecule is CC1CC(NCc2ccc(C(=O)O)cc2)CCN1C. The molecular formula is C15H22N2O2. The summed E-state index contributed by atoms with van der Waals surface area (Å²) in [5, 5.41) is 12.4. The first kappa shape index (κ1) is 14.0. The fraction of sp³-hybridized carbons (Fsp3) is 0.533. The third-order valence-electron chi connectivity index (χ3n) is 4.00. The zero-order valence-electron chi connectivity index (χ0n) is 11.6. The van der Waals surface area contributed by atoms with Gasteiger partial charge in [-0.15, -0.1) is 0 Å². The molecule has 2 atom stereocenters. The molecule has 0 spiro atoms. The number of carbonyl (C=O) groups is 1. The summed E-state index contributed by atoms with van der Waals surface area (Å²) in [5.74, 6) is -0.872. The van der Waals surface area contributed by atoms with Crippen molar-refractivity contribution in [1.29, 1.82) is 0 Å². The molecule has 1 aliphatic heterocycles. The second kappa shape index (κ2) is 6.17. The third kappa shape index (κ3) is 3.78. The molecule has 2 rings (SSSR count). The molecule has 0 aliphatic carbocycles. The highest BCUT2D eigenvalue weighted by molar-refractivity contribution is 5.87. The van der Waals surface area contributed by atoms with Crippen molar-refractivity contribution in [2.24, 2.45) is 0 Å². The third-order valence-corrected chi connectivity index (χ3v) is 4.00. The van der Waals surface area contributed by atoms with Gasteiger partial charge in [0.25, 0.3) is 0 Å². The number of piperidine rings is 1. The summed E-state index contributed by atoms with van der Waals surface area (Å²) in [6.45, 7) is 4.20. The van der Waals surface area contributed by atoms with Gasteiger partial charge in [0, 0.05) is 18.6 Å². The molecule has 1 saturated heterocycles. The highest BCUT2D eigenvalue weighted by atomic mass is 16.4. The van der Waals surface area contributed by atoms with Gasteiger partial charge in [-0.1, -0.05) is 12.1 Å². The largest absolute Gasteiger partial charge is 0.478 e. The topological polar surface area (TPSA) is 52.6 Å². The van der Waals surface area contributed by atoms with Crippen molar-refractivity contribution < 1.29 is 9.90 Å². The molecule has 4 heteroatoms. The molecule has 1 heterocycles. The lowest BCUT2D eigenvalue weighted by molar-refractivity contribution is 0.0697. The first-order valence-corrected chi connectivity index (χ1v) is 6.82. The Kier molecular flexibility index (Phi) is 4.56. The average Bonchev–Trinajstić information content (AvgIpc) is 2.40. The Morgan fingerprint density at radius 1 is 1.42 bits per heavy atom. The maximum absolute atomic E-state index is 10.8. The van der Waals surface area contributed by atoms with E-state index in [0.717, 1.165) is 18.7 Å². The molecule has 2 unspecified atom stereocenters. The van der Waals surface area contributed by atoms with Crippen molar-refractivity contribution in [2.75, 3.05) is 13.6 Å². The van der Waals surface area contributed by atoms with Crippen LogP contribution in [0.15, 0.2) is 24.3 Å². The van der Waals surface area contributed by atoms with E-state index < -0.39 is 5.97 Å². The van der Waals surface area contributed by atoms with Gasteiger partial charge in [-0.3, -0.25) is 0 Å². The maximum Gasteiger partial charge on any atom is 0.335 e. The number of hydrogen-bond acceptors (Lipinski definition) is 3. The van der Waals surface area contributed by atoms with Gasteiger partial charge in [0.1, 0.15) is 0 Å². The Morgan fingerprint density at radius 2 is 2.11 bits per heavy atom. The molecule has 0 radical (unpaired) electrons. The van der Waals surface area contributed by atoms with Crippen LogP contribution in [0, 0.1) is 0 Å². The van der Waals surface area contributed by atoms with E-state index in [9.17, 15) is 4.79 Å². The lowest BCUT2D eigenvalue weighted by atomic mass is 9.98. The highest BCUT2D eigenvalue weighted by Gasteiger charge is 2.21. The van der Waals surface area contributed by atoms with E-state index in [1.54, 1.807) is 12.1 Å². The van der Waals surface area contributed by atoms with Crippen LogP contribution in [0.4, 0.5) is 0 Å². The van der Waals surface area contributed by atoms with Crippen molar-refractivity contribution in [1.82, 2.24) is 10.2 Å². The Hall–Kier alpha value is -1.39. The molecule has 1 aromatic rings. The van der Waals surface area contributed by atoms with E-state index in [1.807, 2.05) is 12.1 Å². The highest BCUT2D eigenvalue weighted by Crippen LogP contribution is 2.16. The van der Waals surface area contributed by atoms with Crippen LogP contribution in [-0.2, 0) is 6.54 Å². The van der Waals surface area contributed by atoms with Gasteiger partial charge < -0.3 is 15.3 Å². The first-order valence-electron chi connectivity index (χ1n) is 6.82. The van der Waals surface area contributed by atoms with Gasteiger partial charge in [-0.25, -0.2) is 4.79 Å². The molecule has 1 aliphatic rings. The summed E-state index contributed by atoms with van der Waals surface area (Å²) in [5.41, 5.74) is 1.48. The van der Waals surface area contributed by atoms with E-state index in [2.05, 4.69) is 24.2 Å². The fourth-order valence-corrected chi connectivity index (χ4v) is 2.50. The minimum atomic E-state index is -0.872. The number of nitrogens with one attached hydrogen (secondary N) is 1. The number of hydrogen-bond donors (Lipinski definition) is 2. The summed E-state index contributed by atoms with van der Waals surface area (Å²) in [7, 11) is 2.17. The van der Waals surface area contributed by atoms with Crippen molar-refractivity contribution in [3.63, 3.8) is 0 Å². The number of benzene rings is 1. The number of rotatable bonds is 4. The first-order chi connectivity index (χ1) is 9.06. The molecule has 104 valence electrons. The lowest BCUT2D eigenvalue weighted by Gasteiger charge is -2.35. The molecule has 0 bridgehead atoms. The van der Waals surface area contributed by atoms with E-state index in [0.29, 0.717) is 17.6 Å². The van der Waals surface area contributed by atoms with Gasteiger partial charge in [-0.05, 0) is 51.1 Å². The molecule has 0 saturated carbocycles. The van der Waals surface area contributed by atoms with E-state index in [-0.39, 0.29) is 0 Å². The Morgan fingerprint density at radius 3 is 2.68 bits per heavy atom. The summed E-state index contributed by atoms with van der Waals surface area (Å²) in [6, 6.07) is 8.28. The molecule has 0 aromatic heterocycles. The van der Waals surface area contributed by atoms with E-state index in [4.69, 9.17) is 5.11 Å². The normalized spacial score (nSPS) is 24.3.